The first-order valence-electron chi connectivity index (χ1n) is 5.42. The van der Waals surface area contributed by atoms with Gasteiger partial charge in [0.1, 0.15) is 0 Å². The molecule has 0 heterocycles. The van der Waals surface area contributed by atoms with Crippen LogP contribution in [-0.4, -0.2) is 19.1 Å². The number of carbonyl (C=O) groups excluding carboxylic acids is 1. The number of nitrogens with two attached hydrogens (primary N) is 1. The highest BCUT2D eigenvalue weighted by Gasteiger charge is 2.06. The van der Waals surface area contributed by atoms with E-state index in [1.807, 2.05) is 0 Å². The molecule has 2 N–H and O–H groups in total. The molecule has 0 bridgehead atoms. The van der Waals surface area contributed by atoms with E-state index in [1.165, 1.54) is 12.8 Å². The molecule has 1 atom stereocenters. The van der Waals surface area contributed by atoms with Crippen LogP contribution in [-0.2, 0) is 9.53 Å². The fourth-order valence-electron chi connectivity index (χ4n) is 1.25. The summed E-state index contributed by atoms with van der Waals surface area (Å²) in [6, 6.07) is 0. The summed E-state index contributed by atoms with van der Waals surface area (Å²) in [5.41, 5.74) is 5.12. The summed E-state index contributed by atoms with van der Waals surface area (Å²) >= 11 is 0. The second-order valence-electron chi connectivity index (χ2n) is 4.32. The highest BCUT2D eigenvalue weighted by Crippen LogP contribution is 2.12. The van der Waals surface area contributed by atoms with Crippen molar-refractivity contribution in [1.29, 1.82) is 0 Å². The maximum Gasteiger partial charge on any atom is 0.319 e. The van der Waals surface area contributed by atoms with Crippen LogP contribution >= 0.6 is 0 Å². The third-order valence-electron chi connectivity index (χ3n) is 2.17. The molecule has 0 amide bonds. The van der Waals surface area contributed by atoms with Crippen molar-refractivity contribution in [3.63, 3.8) is 0 Å². The SMILES string of the molecule is CC(C)CCCC(C)COC(=O)CN. The Kier molecular flexibility index (Phi) is 7.48. The minimum atomic E-state index is -0.305. The summed E-state index contributed by atoms with van der Waals surface area (Å²) in [6.07, 6.45) is 3.57. The Balaban J connectivity index is 3.36. The van der Waals surface area contributed by atoms with Gasteiger partial charge >= 0.3 is 5.97 Å². The molecule has 0 aromatic carbocycles. The van der Waals surface area contributed by atoms with E-state index in [-0.39, 0.29) is 12.5 Å². The second-order valence-corrected chi connectivity index (χ2v) is 4.32. The van der Waals surface area contributed by atoms with Crippen LogP contribution in [0.2, 0.25) is 0 Å². The number of ether oxygens (including phenoxy) is 1. The number of carbonyl (C=O) groups is 1. The quantitative estimate of drug-likeness (QED) is 0.640. The first-order chi connectivity index (χ1) is 6.56. The van der Waals surface area contributed by atoms with Crippen LogP contribution in [0.5, 0.6) is 0 Å². The maximum atomic E-state index is 10.8. The molecule has 0 radical (unpaired) electrons. The molecular weight excluding hydrogens is 178 g/mol. The molecule has 0 aliphatic heterocycles. The lowest BCUT2D eigenvalue weighted by molar-refractivity contribution is -0.143. The lowest BCUT2D eigenvalue weighted by Crippen LogP contribution is -2.19. The number of rotatable bonds is 7. The highest BCUT2D eigenvalue weighted by atomic mass is 16.5. The van der Waals surface area contributed by atoms with Gasteiger partial charge in [0.25, 0.3) is 0 Å². The molecule has 0 aliphatic carbocycles. The first kappa shape index (κ1) is 13.4. The van der Waals surface area contributed by atoms with Crippen molar-refractivity contribution in [2.24, 2.45) is 17.6 Å². The van der Waals surface area contributed by atoms with E-state index in [4.69, 9.17) is 10.5 Å². The molecule has 84 valence electrons. The molecule has 0 aromatic rings. The van der Waals surface area contributed by atoms with Gasteiger partial charge in [-0.3, -0.25) is 4.79 Å². The molecule has 14 heavy (non-hydrogen) atoms. The largest absolute Gasteiger partial charge is 0.464 e. The van der Waals surface area contributed by atoms with Crippen LogP contribution in [0.15, 0.2) is 0 Å². The van der Waals surface area contributed by atoms with Gasteiger partial charge in [0.2, 0.25) is 0 Å². The summed E-state index contributed by atoms with van der Waals surface area (Å²) in [4.78, 5) is 10.8. The molecule has 0 rings (SSSR count). The van der Waals surface area contributed by atoms with Crippen LogP contribution in [0.1, 0.15) is 40.0 Å². The summed E-state index contributed by atoms with van der Waals surface area (Å²) in [6.45, 7) is 7.04. The molecule has 3 heteroatoms. The minimum Gasteiger partial charge on any atom is -0.464 e. The van der Waals surface area contributed by atoms with E-state index in [2.05, 4.69) is 20.8 Å². The summed E-state index contributed by atoms with van der Waals surface area (Å²) in [5.74, 6) is 0.902. The Morgan fingerprint density at radius 2 is 1.93 bits per heavy atom. The van der Waals surface area contributed by atoms with Crippen molar-refractivity contribution in [2.45, 2.75) is 40.0 Å². The average Bonchev–Trinajstić information content (AvgIpc) is 2.13. The Bertz CT molecular complexity index is 157. The molecule has 0 saturated heterocycles. The topological polar surface area (TPSA) is 52.3 Å². The van der Waals surface area contributed by atoms with Gasteiger partial charge in [-0.15, -0.1) is 0 Å². The van der Waals surface area contributed by atoms with Crippen molar-refractivity contribution >= 4 is 5.97 Å². The predicted molar refractivity (Wildman–Crippen MR) is 57.9 cm³/mol. The van der Waals surface area contributed by atoms with Crippen LogP contribution in [0.25, 0.3) is 0 Å². The monoisotopic (exact) mass is 201 g/mol. The fourth-order valence-corrected chi connectivity index (χ4v) is 1.25. The van der Waals surface area contributed by atoms with Gasteiger partial charge < -0.3 is 10.5 Å². The van der Waals surface area contributed by atoms with Gasteiger partial charge in [-0.1, -0.05) is 33.6 Å². The lowest BCUT2D eigenvalue weighted by Gasteiger charge is -2.12. The van der Waals surface area contributed by atoms with E-state index in [1.54, 1.807) is 0 Å². The molecule has 0 fully saturated rings. The molecule has 0 saturated carbocycles. The van der Waals surface area contributed by atoms with Crippen molar-refractivity contribution in [1.82, 2.24) is 0 Å². The Hall–Kier alpha value is -0.570. The van der Waals surface area contributed by atoms with E-state index < -0.39 is 0 Å². The van der Waals surface area contributed by atoms with Gasteiger partial charge in [-0.2, -0.15) is 0 Å². The molecule has 3 nitrogen and oxygen atoms in total. The summed E-state index contributed by atoms with van der Waals surface area (Å²) in [7, 11) is 0. The van der Waals surface area contributed by atoms with Gasteiger partial charge in [0, 0.05) is 0 Å². The molecule has 0 aromatic heterocycles. The third-order valence-corrected chi connectivity index (χ3v) is 2.17. The zero-order valence-corrected chi connectivity index (χ0v) is 9.58. The zero-order chi connectivity index (χ0) is 11.0. The number of esters is 1. The average molecular weight is 201 g/mol. The van der Waals surface area contributed by atoms with Crippen molar-refractivity contribution in [2.75, 3.05) is 13.2 Å². The maximum absolute atomic E-state index is 10.8. The predicted octanol–water partition coefficient (Wildman–Crippen LogP) is 1.95. The van der Waals surface area contributed by atoms with Gasteiger partial charge in [-0.05, 0) is 18.3 Å². The fraction of sp³-hybridized carbons (Fsp3) is 0.909. The number of hydrogen-bond acceptors (Lipinski definition) is 3. The van der Waals surface area contributed by atoms with Crippen LogP contribution in [0.3, 0.4) is 0 Å². The Morgan fingerprint density at radius 3 is 2.43 bits per heavy atom. The molecular formula is C11H23NO2. The standard InChI is InChI=1S/C11H23NO2/c1-9(2)5-4-6-10(3)8-14-11(13)7-12/h9-10H,4-8,12H2,1-3H3. The van der Waals surface area contributed by atoms with Gasteiger partial charge in [0.15, 0.2) is 0 Å². The second kappa shape index (κ2) is 7.80. The van der Waals surface area contributed by atoms with Gasteiger partial charge in [-0.25, -0.2) is 0 Å². The van der Waals surface area contributed by atoms with Crippen molar-refractivity contribution in [3.8, 4) is 0 Å². The Morgan fingerprint density at radius 1 is 1.29 bits per heavy atom. The van der Waals surface area contributed by atoms with Crippen molar-refractivity contribution in [3.05, 3.63) is 0 Å². The first-order valence-corrected chi connectivity index (χ1v) is 5.42. The zero-order valence-electron chi connectivity index (χ0n) is 9.58. The highest BCUT2D eigenvalue weighted by molar-refractivity contribution is 5.71. The molecule has 1 unspecified atom stereocenters. The molecule has 0 aliphatic rings. The normalized spacial score (nSPS) is 12.9. The van der Waals surface area contributed by atoms with Crippen LogP contribution < -0.4 is 5.73 Å². The minimum absolute atomic E-state index is 0.0152. The van der Waals surface area contributed by atoms with E-state index in [0.29, 0.717) is 12.5 Å². The Labute approximate surface area is 87.0 Å². The lowest BCUT2D eigenvalue weighted by atomic mass is 10.0. The van der Waals surface area contributed by atoms with E-state index >= 15 is 0 Å². The third kappa shape index (κ3) is 8.05. The summed E-state index contributed by atoms with van der Waals surface area (Å²) in [5, 5.41) is 0. The molecule has 0 spiro atoms. The van der Waals surface area contributed by atoms with Crippen LogP contribution in [0, 0.1) is 11.8 Å². The van der Waals surface area contributed by atoms with E-state index in [9.17, 15) is 4.79 Å². The van der Waals surface area contributed by atoms with Crippen LogP contribution in [0.4, 0.5) is 0 Å². The smallest absolute Gasteiger partial charge is 0.319 e. The van der Waals surface area contributed by atoms with Crippen molar-refractivity contribution < 1.29 is 9.53 Å². The van der Waals surface area contributed by atoms with E-state index in [0.717, 1.165) is 12.3 Å². The van der Waals surface area contributed by atoms with Gasteiger partial charge in [0.05, 0.1) is 13.2 Å². The summed E-state index contributed by atoms with van der Waals surface area (Å²) < 4.78 is 4.95. The number of hydrogen-bond donors (Lipinski definition) is 1.